The van der Waals surface area contributed by atoms with Crippen LogP contribution in [0.25, 0.3) is 0 Å². The highest BCUT2D eigenvalue weighted by Gasteiger charge is 2.27. The van der Waals surface area contributed by atoms with E-state index in [9.17, 15) is 4.79 Å². The second-order valence-corrected chi connectivity index (χ2v) is 7.69. The number of rotatable bonds is 4. The summed E-state index contributed by atoms with van der Waals surface area (Å²) in [6, 6.07) is 1.94. The fourth-order valence-corrected chi connectivity index (χ4v) is 3.75. The Hall–Kier alpha value is -1.40. The molecule has 0 aliphatic carbocycles. The number of amides is 1. The Morgan fingerprint density at radius 1 is 1.24 bits per heavy atom. The lowest BCUT2D eigenvalue weighted by Crippen LogP contribution is -2.44. The van der Waals surface area contributed by atoms with Crippen LogP contribution in [0.15, 0.2) is 6.07 Å². The molecule has 3 heterocycles. The Labute approximate surface area is 151 Å². The van der Waals surface area contributed by atoms with Crippen molar-refractivity contribution in [3.63, 3.8) is 0 Å². The van der Waals surface area contributed by atoms with Gasteiger partial charge in [-0.3, -0.25) is 9.48 Å². The van der Waals surface area contributed by atoms with Crippen LogP contribution in [0.2, 0.25) is 0 Å². The van der Waals surface area contributed by atoms with Crippen LogP contribution >= 0.6 is 0 Å². The Balaban J connectivity index is 1.66. The van der Waals surface area contributed by atoms with Crippen LogP contribution in [0.5, 0.6) is 0 Å². The van der Waals surface area contributed by atoms with Gasteiger partial charge < -0.3 is 14.5 Å². The molecule has 0 saturated carbocycles. The predicted molar refractivity (Wildman–Crippen MR) is 97.8 cm³/mol. The summed E-state index contributed by atoms with van der Waals surface area (Å²) in [5.41, 5.74) is 1.66. The van der Waals surface area contributed by atoms with Crippen LogP contribution in [0.3, 0.4) is 0 Å². The molecule has 1 unspecified atom stereocenters. The lowest BCUT2D eigenvalue weighted by atomic mass is 10.1. The number of piperidine rings is 1. The molecule has 25 heavy (non-hydrogen) atoms. The van der Waals surface area contributed by atoms with Crippen molar-refractivity contribution < 1.29 is 9.53 Å². The van der Waals surface area contributed by atoms with Gasteiger partial charge in [0.1, 0.15) is 5.69 Å². The van der Waals surface area contributed by atoms with Gasteiger partial charge in [-0.25, -0.2) is 0 Å². The largest absolute Gasteiger partial charge is 0.375 e. The number of aromatic nitrogens is 2. The predicted octanol–water partition coefficient (Wildman–Crippen LogP) is 2.26. The van der Waals surface area contributed by atoms with Crippen molar-refractivity contribution in [3.05, 3.63) is 17.5 Å². The molecule has 6 heteroatoms. The van der Waals surface area contributed by atoms with Crippen LogP contribution in [0, 0.1) is 0 Å². The number of nitrogens with zero attached hydrogens (tertiary/aromatic N) is 4. The molecular weight excluding hydrogens is 316 g/mol. The third-order valence-electron chi connectivity index (χ3n) is 5.26. The van der Waals surface area contributed by atoms with E-state index in [1.54, 1.807) is 4.68 Å². The van der Waals surface area contributed by atoms with Gasteiger partial charge >= 0.3 is 0 Å². The van der Waals surface area contributed by atoms with Gasteiger partial charge in [0.15, 0.2) is 0 Å². The summed E-state index contributed by atoms with van der Waals surface area (Å²) in [4.78, 5) is 17.5. The molecule has 1 amide bonds. The molecule has 1 aromatic heterocycles. The van der Waals surface area contributed by atoms with Crippen molar-refractivity contribution in [1.29, 1.82) is 0 Å². The topological polar surface area (TPSA) is 50.6 Å². The van der Waals surface area contributed by atoms with E-state index in [-0.39, 0.29) is 12.0 Å². The monoisotopic (exact) mass is 348 g/mol. The van der Waals surface area contributed by atoms with Crippen molar-refractivity contribution in [2.24, 2.45) is 7.05 Å². The normalized spacial score (nSPS) is 23.0. The number of carbonyl (C=O) groups is 1. The number of hydrogen-bond donors (Lipinski definition) is 0. The Kier molecular flexibility index (Phi) is 6.12. The van der Waals surface area contributed by atoms with E-state index in [1.165, 1.54) is 19.3 Å². The average Bonchev–Trinajstić information content (AvgIpc) is 2.84. The molecule has 0 spiro atoms. The summed E-state index contributed by atoms with van der Waals surface area (Å²) < 4.78 is 7.76. The zero-order valence-electron chi connectivity index (χ0n) is 15.9. The first-order chi connectivity index (χ1) is 12.0. The fourth-order valence-electron chi connectivity index (χ4n) is 3.75. The molecule has 2 fully saturated rings. The summed E-state index contributed by atoms with van der Waals surface area (Å²) in [6.45, 7) is 9.64. The SMILES string of the molecule is CC(C)c1cc(C(=O)N2CCCOC(CN3CCCCC3)C2)n(C)n1. The van der Waals surface area contributed by atoms with E-state index in [0.29, 0.717) is 18.2 Å². The minimum absolute atomic E-state index is 0.0797. The molecule has 0 bridgehead atoms. The number of aryl methyl sites for hydroxylation is 1. The molecular formula is C19H32N4O2. The molecule has 0 aromatic carbocycles. The van der Waals surface area contributed by atoms with Gasteiger partial charge in [0.05, 0.1) is 11.8 Å². The Bertz CT molecular complexity index is 578. The van der Waals surface area contributed by atoms with Gasteiger partial charge in [-0.2, -0.15) is 5.10 Å². The third-order valence-corrected chi connectivity index (χ3v) is 5.26. The fraction of sp³-hybridized carbons (Fsp3) is 0.789. The number of ether oxygens (including phenoxy) is 1. The minimum Gasteiger partial charge on any atom is -0.375 e. The van der Waals surface area contributed by atoms with E-state index in [0.717, 1.165) is 44.9 Å². The van der Waals surface area contributed by atoms with Gasteiger partial charge in [0.25, 0.3) is 5.91 Å². The van der Waals surface area contributed by atoms with Crippen LogP contribution in [0.4, 0.5) is 0 Å². The highest BCUT2D eigenvalue weighted by Crippen LogP contribution is 2.18. The van der Waals surface area contributed by atoms with Crippen molar-refractivity contribution in [3.8, 4) is 0 Å². The van der Waals surface area contributed by atoms with Gasteiger partial charge in [-0.1, -0.05) is 20.3 Å². The van der Waals surface area contributed by atoms with Crippen molar-refractivity contribution in [2.45, 2.75) is 51.6 Å². The molecule has 3 rings (SSSR count). The second kappa shape index (κ2) is 8.32. The first kappa shape index (κ1) is 18.4. The Morgan fingerprint density at radius 3 is 2.68 bits per heavy atom. The molecule has 1 aromatic rings. The second-order valence-electron chi connectivity index (χ2n) is 7.69. The van der Waals surface area contributed by atoms with E-state index >= 15 is 0 Å². The van der Waals surface area contributed by atoms with E-state index in [1.807, 2.05) is 18.0 Å². The maximum Gasteiger partial charge on any atom is 0.272 e. The maximum absolute atomic E-state index is 13.0. The summed E-state index contributed by atoms with van der Waals surface area (Å²) in [5.74, 6) is 0.406. The maximum atomic E-state index is 13.0. The van der Waals surface area contributed by atoms with E-state index < -0.39 is 0 Å². The quantitative estimate of drug-likeness (QED) is 0.837. The molecule has 2 aliphatic heterocycles. The van der Waals surface area contributed by atoms with Crippen LogP contribution < -0.4 is 0 Å². The number of carbonyl (C=O) groups excluding carboxylic acids is 1. The summed E-state index contributed by atoms with van der Waals surface area (Å²) in [5, 5.41) is 4.49. The van der Waals surface area contributed by atoms with Crippen molar-refractivity contribution in [1.82, 2.24) is 19.6 Å². The zero-order valence-corrected chi connectivity index (χ0v) is 15.9. The highest BCUT2D eigenvalue weighted by atomic mass is 16.5. The van der Waals surface area contributed by atoms with Crippen molar-refractivity contribution >= 4 is 5.91 Å². The molecule has 140 valence electrons. The third kappa shape index (κ3) is 4.61. The molecule has 6 nitrogen and oxygen atoms in total. The number of hydrogen-bond acceptors (Lipinski definition) is 4. The van der Waals surface area contributed by atoms with E-state index in [4.69, 9.17) is 4.74 Å². The zero-order chi connectivity index (χ0) is 17.8. The molecule has 0 N–H and O–H groups in total. The standard InChI is InChI=1S/C19H32N4O2/c1-15(2)17-12-18(21(3)20-17)19(24)23-10-7-11-25-16(14-23)13-22-8-5-4-6-9-22/h12,15-16H,4-11,13-14H2,1-3H3. The molecule has 2 saturated heterocycles. The average molecular weight is 348 g/mol. The Morgan fingerprint density at radius 2 is 2.00 bits per heavy atom. The van der Waals surface area contributed by atoms with Gasteiger partial charge in [-0.05, 0) is 44.3 Å². The summed E-state index contributed by atoms with van der Waals surface area (Å²) in [6.07, 6.45) is 4.91. The number of likely N-dealkylation sites (tertiary alicyclic amines) is 1. The first-order valence-electron chi connectivity index (χ1n) is 9.71. The molecule has 1 atom stereocenters. The van der Waals surface area contributed by atoms with Crippen LogP contribution in [-0.2, 0) is 11.8 Å². The van der Waals surface area contributed by atoms with Gasteiger partial charge in [0, 0.05) is 33.3 Å². The minimum atomic E-state index is 0.0797. The van der Waals surface area contributed by atoms with Gasteiger partial charge in [-0.15, -0.1) is 0 Å². The van der Waals surface area contributed by atoms with Crippen LogP contribution in [0.1, 0.15) is 61.6 Å². The molecule has 0 radical (unpaired) electrons. The van der Waals surface area contributed by atoms with E-state index in [2.05, 4.69) is 23.8 Å². The molecule has 2 aliphatic rings. The lowest BCUT2D eigenvalue weighted by molar-refractivity contribution is 0.0214. The lowest BCUT2D eigenvalue weighted by Gasteiger charge is -2.31. The van der Waals surface area contributed by atoms with Crippen LogP contribution in [-0.4, -0.2) is 70.9 Å². The summed E-state index contributed by atoms with van der Waals surface area (Å²) in [7, 11) is 1.86. The van der Waals surface area contributed by atoms with Gasteiger partial charge in [0.2, 0.25) is 0 Å². The first-order valence-corrected chi connectivity index (χ1v) is 9.71. The highest BCUT2D eigenvalue weighted by molar-refractivity contribution is 5.92. The van der Waals surface area contributed by atoms with Crippen molar-refractivity contribution in [2.75, 3.05) is 39.3 Å². The smallest absolute Gasteiger partial charge is 0.272 e. The summed E-state index contributed by atoms with van der Waals surface area (Å²) >= 11 is 0.